The van der Waals surface area contributed by atoms with Gasteiger partial charge in [-0.3, -0.25) is 4.79 Å². The number of imidazole rings is 1. The summed E-state index contributed by atoms with van der Waals surface area (Å²) in [5, 5.41) is 9.23. The molecule has 1 fully saturated rings. The molecule has 1 aromatic heterocycles. The van der Waals surface area contributed by atoms with Gasteiger partial charge >= 0.3 is 5.97 Å². The van der Waals surface area contributed by atoms with Crippen LogP contribution in [0.4, 0.5) is 0 Å². The van der Waals surface area contributed by atoms with Gasteiger partial charge < -0.3 is 15.0 Å². The number of carboxylic acid groups (broad SMARTS) is 1. The molecule has 1 aliphatic heterocycles. The van der Waals surface area contributed by atoms with E-state index in [0.29, 0.717) is 12.2 Å². The average Bonchev–Trinajstić information content (AvgIpc) is 2.95. The number of hydrogen-bond acceptors (Lipinski definition) is 3. The Bertz CT molecular complexity index is 489. The Balaban J connectivity index is 2.14. The van der Waals surface area contributed by atoms with Crippen LogP contribution in [0.5, 0.6) is 0 Å². The maximum Gasteiger partial charge on any atom is 0.326 e. The lowest BCUT2D eigenvalue weighted by molar-refractivity contribution is -0.148. The molecular formula is C12H13N3O3. The van der Waals surface area contributed by atoms with E-state index in [1.165, 1.54) is 11.2 Å². The molecular weight excluding hydrogens is 234 g/mol. The molecule has 1 amide bonds. The molecule has 18 heavy (non-hydrogen) atoms. The van der Waals surface area contributed by atoms with Gasteiger partial charge in [-0.2, -0.15) is 0 Å². The van der Waals surface area contributed by atoms with Crippen LogP contribution >= 0.6 is 0 Å². The molecule has 0 saturated carbocycles. The van der Waals surface area contributed by atoms with Crippen molar-refractivity contribution >= 4 is 11.9 Å². The summed E-state index contributed by atoms with van der Waals surface area (Å²) in [4.78, 5) is 31.0. The second-order valence-corrected chi connectivity index (χ2v) is 4.25. The molecule has 6 nitrogen and oxygen atoms in total. The van der Waals surface area contributed by atoms with Crippen LogP contribution in [0.3, 0.4) is 0 Å². The van der Waals surface area contributed by atoms with E-state index in [1.54, 1.807) is 6.20 Å². The van der Waals surface area contributed by atoms with E-state index in [2.05, 4.69) is 15.9 Å². The molecule has 0 radical (unpaired) electrons. The highest BCUT2D eigenvalue weighted by atomic mass is 16.4. The SMILES string of the molecule is C#CC1CC(=O)N([C@@H](Cc2cnc[nH]2)C(=O)O)C1. The van der Waals surface area contributed by atoms with E-state index in [4.69, 9.17) is 6.42 Å². The van der Waals surface area contributed by atoms with Gasteiger partial charge in [0.1, 0.15) is 6.04 Å². The summed E-state index contributed by atoms with van der Waals surface area (Å²) in [5.74, 6) is 1.07. The van der Waals surface area contributed by atoms with Crippen LogP contribution in [0, 0.1) is 18.3 Å². The minimum absolute atomic E-state index is 0.193. The van der Waals surface area contributed by atoms with Gasteiger partial charge in [0.05, 0.1) is 6.33 Å². The van der Waals surface area contributed by atoms with E-state index in [9.17, 15) is 14.7 Å². The summed E-state index contributed by atoms with van der Waals surface area (Å²) in [7, 11) is 0. The lowest BCUT2D eigenvalue weighted by Gasteiger charge is -2.23. The molecule has 94 valence electrons. The minimum Gasteiger partial charge on any atom is -0.480 e. The van der Waals surface area contributed by atoms with Gasteiger partial charge in [-0.25, -0.2) is 9.78 Å². The lowest BCUT2D eigenvalue weighted by atomic mass is 10.1. The highest BCUT2D eigenvalue weighted by molar-refractivity contribution is 5.85. The van der Waals surface area contributed by atoms with Gasteiger partial charge in [-0.1, -0.05) is 0 Å². The van der Waals surface area contributed by atoms with Gasteiger partial charge in [0.2, 0.25) is 5.91 Å². The maximum atomic E-state index is 11.8. The highest BCUT2D eigenvalue weighted by Crippen LogP contribution is 2.21. The number of nitrogens with zero attached hydrogens (tertiary/aromatic N) is 2. The van der Waals surface area contributed by atoms with Crippen LogP contribution < -0.4 is 0 Å². The van der Waals surface area contributed by atoms with Crippen molar-refractivity contribution in [3.8, 4) is 12.3 Å². The second-order valence-electron chi connectivity index (χ2n) is 4.25. The van der Waals surface area contributed by atoms with Crippen molar-refractivity contribution in [1.82, 2.24) is 14.9 Å². The normalized spacial score (nSPS) is 20.7. The van der Waals surface area contributed by atoms with Crippen molar-refractivity contribution in [3.63, 3.8) is 0 Å². The highest BCUT2D eigenvalue weighted by Gasteiger charge is 2.37. The monoisotopic (exact) mass is 247 g/mol. The Morgan fingerprint density at radius 3 is 3.06 bits per heavy atom. The Morgan fingerprint density at radius 2 is 2.56 bits per heavy atom. The standard InChI is InChI=1S/C12H13N3O3/c1-2-8-3-11(16)15(6-8)10(12(17)18)4-9-5-13-7-14-9/h1,5,7-8,10H,3-4,6H2,(H,13,14)(H,17,18)/t8?,10-/m0/s1. The smallest absolute Gasteiger partial charge is 0.326 e. The van der Waals surface area contributed by atoms with E-state index >= 15 is 0 Å². The molecule has 6 heteroatoms. The van der Waals surface area contributed by atoms with Crippen molar-refractivity contribution in [2.24, 2.45) is 5.92 Å². The van der Waals surface area contributed by atoms with E-state index in [1.807, 2.05) is 0 Å². The van der Waals surface area contributed by atoms with Gasteiger partial charge in [-0.15, -0.1) is 12.3 Å². The number of likely N-dealkylation sites (tertiary alicyclic amines) is 1. The fraction of sp³-hybridized carbons (Fsp3) is 0.417. The zero-order valence-corrected chi connectivity index (χ0v) is 9.67. The third-order valence-corrected chi connectivity index (χ3v) is 3.02. The third-order valence-electron chi connectivity index (χ3n) is 3.02. The molecule has 2 atom stereocenters. The topological polar surface area (TPSA) is 86.3 Å². The van der Waals surface area contributed by atoms with Crippen LogP contribution in [0.25, 0.3) is 0 Å². The molecule has 2 heterocycles. The number of carboxylic acids is 1. The number of nitrogens with one attached hydrogen (secondary N) is 1. The lowest BCUT2D eigenvalue weighted by Crippen LogP contribution is -2.43. The zero-order valence-electron chi connectivity index (χ0n) is 9.67. The summed E-state index contributed by atoms with van der Waals surface area (Å²) in [6, 6.07) is -0.892. The first-order valence-electron chi connectivity index (χ1n) is 5.57. The number of carbonyl (C=O) groups excluding carboxylic acids is 1. The third kappa shape index (κ3) is 2.35. The Morgan fingerprint density at radius 1 is 1.78 bits per heavy atom. The molecule has 1 aromatic rings. The van der Waals surface area contributed by atoms with Crippen LogP contribution in [0.2, 0.25) is 0 Å². The van der Waals surface area contributed by atoms with Crippen molar-refractivity contribution < 1.29 is 14.7 Å². The summed E-state index contributed by atoms with van der Waals surface area (Å²) >= 11 is 0. The van der Waals surface area contributed by atoms with E-state index < -0.39 is 12.0 Å². The number of aromatic amines is 1. The molecule has 0 aromatic carbocycles. The number of terminal acetylenes is 1. The van der Waals surface area contributed by atoms with Gasteiger partial charge in [0.25, 0.3) is 0 Å². The Hall–Kier alpha value is -2.29. The summed E-state index contributed by atoms with van der Waals surface area (Å²) in [6.07, 6.45) is 8.74. The fourth-order valence-corrected chi connectivity index (χ4v) is 2.08. The first-order valence-corrected chi connectivity index (χ1v) is 5.57. The molecule has 1 aliphatic rings. The van der Waals surface area contributed by atoms with Gasteiger partial charge in [0.15, 0.2) is 0 Å². The van der Waals surface area contributed by atoms with Crippen molar-refractivity contribution in [2.75, 3.05) is 6.54 Å². The van der Waals surface area contributed by atoms with Crippen molar-refractivity contribution in [3.05, 3.63) is 18.2 Å². The van der Waals surface area contributed by atoms with Crippen LogP contribution in [0.1, 0.15) is 12.1 Å². The minimum atomic E-state index is -1.03. The molecule has 2 rings (SSSR count). The molecule has 2 N–H and O–H groups in total. The number of amides is 1. The molecule has 0 bridgehead atoms. The Labute approximate surface area is 104 Å². The molecule has 1 saturated heterocycles. The first-order chi connectivity index (χ1) is 8.61. The van der Waals surface area contributed by atoms with Crippen molar-refractivity contribution in [2.45, 2.75) is 18.9 Å². The fourth-order valence-electron chi connectivity index (χ4n) is 2.08. The van der Waals surface area contributed by atoms with Crippen LogP contribution in [-0.4, -0.2) is 44.4 Å². The predicted molar refractivity (Wildman–Crippen MR) is 62.4 cm³/mol. The maximum absolute atomic E-state index is 11.8. The zero-order chi connectivity index (χ0) is 13.1. The molecule has 0 aliphatic carbocycles. The number of carbonyl (C=O) groups is 2. The largest absolute Gasteiger partial charge is 0.480 e. The Kier molecular flexibility index (Phi) is 3.33. The number of rotatable bonds is 4. The molecule has 1 unspecified atom stereocenters. The van der Waals surface area contributed by atoms with Crippen LogP contribution in [-0.2, 0) is 16.0 Å². The number of H-pyrrole nitrogens is 1. The van der Waals surface area contributed by atoms with E-state index in [0.717, 1.165) is 0 Å². The van der Waals surface area contributed by atoms with E-state index in [-0.39, 0.29) is 24.7 Å². The average molecular weight is 247 g/mol. The first kappa shape index (κ1) is 12.2. The number of aliphatic carboxylic acids is 1. The van der Waals surface area contributed by atoms with Gasteiger partial charge in [-0.05, 0) is 0 Å². The molecule has 0 spiro atoms. The van der Waals surface area contributed by atoms with Gasteiger partial charge in [0, 0.05) is 37.2 Å². The van der Waals surface area contributed by atoms with Crippen molar-refractivity contribution in [1.29, 1.82) is 0 Å². The summed E-state index contributed by atoms with van der Waals surface area (Å²) in [6.45, 7) is 0.306. The number of hydrogen-bond donors (Lipinski definition) is 2. The van der Waals surface area contributed by atoms with Crippen LogP contribution in [0.15, 0.2) is 12.5 Å². The summed E-state index contributed by atoms with van der Waals surface area (Å²) < 4.78 is 0. The summed E-state index contributed by atoms with van der Waals surface area (Å²) in [5.41, 5.74) is 0.680. The number of aromatic nitrogens is 2. The second kappa shape index (κ2) is 4.92. The quantitative estimate of drug-likeness (QED) is 0.727. The predicted octanol–water partition coefficient (Wildman–Crippen LogP) is -0.113.